The van der Waals surface area contributed by atoms with Crippen LogP contribution in [-0.4, -0.2) is 5.71 Å². The van der Waals surface area contributed by atoms with Gasteiger partial charge in [0.25, 0.3) is 0 Å². The maximum Gasteiger partial charge on any atom is 0.0643 e. The van der Waals surface area contributed by atoms with E-state index < -0.39 is 0 Å². The minimum absolute atomic E-state index is 0.762. The maximum absolute atomic E-state index is 4.78. The van der Waals surface area contributed by atoms with Crippen LogP contribution >= 0.6 is 31.9 Å². The summed E-state index contributed by atoms with van der Waals surface area (Å²) in [4.78, 5) is 4.78. The third-order valence-electron chi connectivity index (χ3n) is 3.38. The second-order valence-corrected chi connectivity index (χ2v) is 6.52. The number of nitrogens with zero attached hydrogens (tertiary/aromatic N) is 1. The number of hydrogen-bond donors (Lipinski definition) is 0. The molecule has 0 spiro atoms. The lowest BCUT2D eigenvalue weighted by Gasteiger charge is -2.02. The van der Waals surface area contributed by atoms with Crippen LogP contribution in [0.15, 0.2) is 56.4 Å². The summed E-state index contributed by atoms with van der Waals surface area (Å²) >= 11 is 6.97. The van der Waals surface area contributed by atoms with Crippen molar-refractivity contribution in [3.8, 4) is 0 Å². The van der Waals surface area contributed by atoms with Gasteiger partial charge in [0.1, 0.15) is 0 Å². The van der Waals surface area contributed by atoms with Crippen LogP contribution in [0.1, 0.15) is 23.1 Å². The molecule has 3 rings (SSSR count). The Morgan fingerprint density at radius 1 is 0.895 bits per heavy atom. The van der Waals surface area contributed by atoms with E-state index in [9.17, 15) is 0 Å². The van der Waals surface area contributed by atoms with Gasteiger partial charge in [0.05, 0.1) is 6.54 Å². The molecule has 0 bridgehead atoms. The van der Waals surface area contributed by atoms with Crippen molar-refractivity contribution < 1.29 is 0 Å². The zero-order valence-corrected chi connectivity index (χ0v) is 13.5. The summed E-state index contributed by atoms with van der Waals surface area (Å²) in [6, 6.07) is 14.8. The zero-order valence-electron chi connectivity index (χ0n) is 10.4. The van der Waals surface area contributed by atoms with Crippen LogP contribution in [0.5, 0.6) is 0 Å². The van der Waals surface area contributed by atoms with Crippen molar-refractivity contribution in [1.29, 1.82) is 0 Å². The fraction of sp³-hybridized carbons (Fsp3) is 0.188. The molecular weight excluding hydrogens is 366 g/mol. The summed E-state index contributed by atoms with van der Waals surface area (Å²) in [7, 11) is 0. The largest absolute Gasteiger partial charge is 0.284 e. The molecule has 96 valence electrons. The third kappa shape index (κ3) is 2.98. The van der Waals surface area contributed by atoms with Gasteiger partial charge in [-0.15, -0.1) is 0 Å². The van der Waals surface area contributed by atoms with Crippen LogP contribution in [0.4, 0.5) is 0 Å². The van der Waals surface area contributed by atoms with Gasteiger partial charge in [-0.1, -0.05) is 50.1 Å². The van der Waals surface area contributed by atoms with Crippen LogP contribution in [0.3, 0.4) is 0 Å². The predicted molar refractivity (Wildman–Crippen MR) is 86.8 cm³/mol. The number of fused-ring (bicyclic) bond motifs is 1. The van der Waals surface area contributed by atoms with Crippen molar-refractivity contribution in [2.75, 3.05) is 0 Å². The van der Waals surface area contributed by atoms with Crippen LogP contribution < -0.4 is 0 Å². The van der Waals surface area contributed by atoms with Crippen molar-refractivity contribution >= 4 is 37.6 Å². The first kappa shape index (κ1) is 13.1. The first-order chi connectivity index (χ1) is 9.22. The molecule has 1 nitrogen and oxygen atoms in total. The Morgan fingerprint density at radius 3 is 2.42 bits per heavy atom. The van der Waals surface area contributed by atoms with Gasteiger partial charge in [0.2, 0.25) is 0 Å². The molecule has 0 heterocycles. The van der Waals surface area contributed by atoms with E-state index in [2.05, 4.69) is 74.3 Å². The molecule has 0 atom stereocenters. The highest BCUT2D eigenvalue weighted by Crippen LogP contribution is 2.26. The molecule has 2 aromatic carbocycles. The van der Waals surface area contributed by atoms with E-state index >= 15 is 0 Å². The van der Waals surface area contributed by atoms with Gasteiger partial charge in [-0.25, -0.2) is 0 Å². The first-order valence-corrected chi connectivity index (χ1v) is 7.87. The summed E-state index contributed by atoms with van der Waals surface area (Å²) in [5, 5.41) is 0. The van der Waals surface area contributed by atoms with Gasteiger partial charge in [0, 0.05) is 14.7 Å². The summed E-state index contributed by atoms with van der Waals surface area (Å²) in [6.45, 7) is 0.762. The molecule has 3 heteroatoms. The van der Waals surface area contributed by atoms with Crippen molar-refractivity contribution in [2.24, 2.45) is 4.99 Å². The summed E-state index contributed by atoms with van der Waals surface area (Å²) in [5.41, 5.74) is 5.22. The number of aliphatic imine (C=N–C) groups is 1. The Kier molecular flexibility index (Phi) is 3.85. The van der Waals surface area contributed by atoms with Crippen LogP contribution in [-0.2, 0) is 13.0 Å². The quantitative estimate of drug-likeness (QED) is 0.685. The molecule has 0 saturated heterocycles. The molecule has 0 aliphatic heterocycles. The smallest absolute Gasteiger partial charge is 0.0643 e. The van der Waals surface area contributed by atoms with Crippen LogP contribution in [0, 0.1) is 0 Å². The Balaban J connectivity index is 1.81. The summed E-state index contributed by atoms with van der Waals surface area (Å²) < 4.78 is 2.26. The van der Waals surface area contributed by atoms with E-state index in [0.717, 1.165) is 28.3 Å². The van der Waals surface area contributed by atoms with Gasteiger partial charge in [-0.05, 0) is 53.8 Å². The van der Waals surface area contributed by atoms with Gasteiger partial charge < -0.3 is 0 Å². The Morgan fingerprint density at radius 2 is 1.63 bits per heavy atom. The molecule has 0 amide bonds. The van der Waals surface area contributed by atoms with Crippen LogP contribution in [0.25, 0.3) is 0 Å². The van der Waals surface area contributed by atoms with E-state index in [1.54, 1.807) is 0 Å². The maximum atomic E-state index is 4.78. The predicted octanol–water partition coefficient (Wildman–Crippen LogP) is 5.15. The second-order valence-electron chi connectivity index (χ2n) is 4.69. The Labute approximate surface area is 130 Å². The van der Waals surface area contributed by atoms with Crippen molar-refractivity contribution in [1.82, 2.24) is 0 Å². The molecule has 1 aliphatic carbocycles. The van der Waals surface area contributed by atoms with E-state index in [1.165, 1.54) is 22.4 Å². The number of halogens is 2. The molecule has 0 N–H and O–H groups in total. The minimum Gasteiger partial charge on any atom is -0.284 e. The average Bonchev–Trinajstić information content (AvgIpc) is 2.80. The lowest BCUT2D eigenvalue weighted by atomic mass is 10.1. The number of rotatable bonds is 2. The molecule has 0 unspecified atom stereocenters. The first-order valence-electron chi connectivity index (χ1n) is 6.29. The topological polar surface area (TPSA) is 12.4 Å². The highest BCUT2D eigenvalue weighted by atomic mass is 79.9. The highest BCUT2D eigenvalue weighted by Gasteiger charge is 2.17. The lowest BCUT2D eigenvalue weighted by Crippen LogP contribution is -1.95. The van der Waals surface area contributed by atoms with Gasteiger partial charge in [0.15, 0.2) is 0 Å². The summed E-state index contributed by atoms with van der Waals surface area (Å²) in [5.74, 6) is 0. The molecule has 0 saturated carbocycles. The van der Waals surface area contributed by atoms with Crippen molar-refractivity contribution in [3.05, 3.63) is 68.1 Å². The summed E-state index contributed by atoms with van der Waals surface area (Å²) in [6.07, 6.45) is 2.16. The minimum atomic E-state index is 0.762. The van der Waals surface area contributed by atoms with Crippen molar-refractivity contribution in [2.45, 2.75) is 19.4 Å². The fourth-order valence-electron chi connectivity index (χ4n) is 2.38. The number of hydrogen-bond acceptors (Lipinski definition) is 1. The number of aryl methyl sites for hydroxylation is 1. The second kappa shape index (κ2) is 5.59. The van der Waals surface area contributed by atoms with E-state index in [4.69, 9.17) is 4.99 Å². The van der Waals surface area contributed by atoms with E-state index in [0.29, 0.717) is 0 Å². The van der Waals surface area contributed by atoms with Gasteiger partial charge >= 0.3 is 0 Å². The molecular formula is C16H13Br2N. The SMILES string of the molecule is Brc1ccc(CN=C2CCc3cc(Br)ccc32)cc1. The molecule has 0 fully saturated rings. The Hall–Kier alpha value is -0.930. The third-order valence-corrected chi connectivity index (χ3v) is 4.40. The van der Waals surface area contributed by atoms with Crippen LogP contribution in [0.2, 0.25) is 0 Å². The Bertz CT molecular complexity index is 630. The average molecular weight is 379 g/mol. The zero-order chi connectivity index (χ0) is 13.2. The number of benzene rings is 2. The highest BCUT2D eigenvalue weighted by molar-refractivity contribution is 9.10. The van der Waals surface area contributed by atoms with Crippen molar-refractivity contribution in [3.63, 3.8) is 0 Å². The molecule has 0 radical (unpaired) electrons. The van der Waals surface area contributed by atoms with Gasteiger partial charge in [-0.3, -0.25) is 4.99 Å². The monoisotopic (exact) mass is 377 g/mol. The van der Waals surface area contributed by atoms with E-state index in [-0.39, 0.29) is 0 Å². The molecule has 2 aromatic rings. The lowest BCUT2D eigenvalue weighted by molar-refractivity contribution is 1.03. The molecule has 19 heavy (non-hydrogen) atoms. The van der Waals surface area contributed by atoms with E-state index in [1.807, 2.05) is 0 Å². The fourth-order valence-corrected chi connectivity index (χ4v) is 3.05. The standard InChI is InChI=1S/C16H13Br2N/c17-13-4-1-11(2-5-13)10-19-16-8-3-12-9-14(18)6-7-15(12)16/h1-2,4-7,9H,3,8,10H2. The molecule has 0 aromatic heterocycles. The normalized spacial score (nSPS) is 15.8. The molecule has 1 aliphatic rings. The van der Waals surface area contributed by atoms with Gasteiger partial charge in [-0.2, -0.15) is 0 Å².